The maximum atomic E-state index is 12.2. The Morgan fingerprint density at radius 3 is 2.93 bits per heavy atom. The van der Waals surface area contributed by atoms with Crippen molar-refractivity contribution in [1.82, 2.24) is 24.5 Å². The topological polar surface area (TPSA) is 102 Å². The molecule has 0 radical (unpaired) electrons. The molecule has 1 aromatic carbocycles. The average molecular weight is 396 g/mol. The lowest BCUT2D eigenvalue weighted by atomic mass is 10.2. The first kappa shape index (κ1) is 18.5. The van der Waals surface area contributed by atoms with Crippen LogP contribution in [-0.4, -0.2) is 37.3 Å². The third-order valence-electron chi connectivity index (χ3n) is 4.74. The van der Waals surface area contributed by atoms with Crippen LogP contribution < -0.4 is 5.69 Å². The Labute approximate surface area is 166 Å². The Hall–Kier alpha value is -2.83. The Bertz CT molecular complexity index is 1060. The second-order valence-corrected chi connectivity index (χ2v) is 7.55. The van der Waals surface area contributed by atoms with Crippen LogP contribution in [-0.2, 0) is 17.0 Å². The molecule has 0 amide bonds. The number of hydrogen-bond donors (Lipinski definition) is 1. The number of aromatic amines is 1. The molecule has 3 heterocycles. The summed E-state index contributed by atoms with van der Waals surface area (Å²) in [5, 5.41) is 21.4. The molecule has 28 heavy (non-hydrogen) atoms. The summed E-state index contributed by atoms with van der Waals surface area (Å²) in [6.07, 6.45) is 2.00. The molecule has 4 rings (SSSR count). The highest BCUT2D eigenvalue weighted by Crippen LogP contribution is 2.26. The first-order chi connectivity index (χ1) is 13.7. The molecule has 8 nitrogen and oxygen atoms in total. The van der Waals surface area contributed by atoms with E-state index >= 15 is 0 Å². The Kier molecular flexibility index (Phi) is 5.32. The van der Waals surface area contributed by atoms with Crippen LogP contribution in [0.25, 0.3) is 5.69 Å². The number of rotatable bonds is 6. The van der Waals surface area contributed by atoms with Crippen molar-refractivity contribution in [1.29, 1.82) is 5.26 Å². The fraction of sp³-hybridized carbons (Fsp3) is 0.368. The van der Waals surface area contributed by atoms with Crippen LogP contribution in [0, 0.1) is 18.3 Å². The van der Waals surface area contributed by atoms with E-state index in [9.17, 15) is 10.1 Å². The number of H-pyrrole nitrogens is 1. The van der Waals surface area contributed by atoms with Crippen molar-refractivity contribution in [2.45, 2.75) is 43.3 Å². The lowest BCUT2D eigenvalue weighted by Gasteiger charge is -2.11. The van der Waals surface area contributed by atoms with Crippen molar-refractivity contribution in [2.75, 3.05) is 6.61 Å². The second kappa shape index (κ2) is 8.04. The van der Waals surface area contributed by atoms with Crippen molar-refractivity contribution in [2.24, 2.45) is 0 Å². The van der Waals surface area contributed by atoms with E-state index in [0.29, 0.717) is 28.7 Å². The van der Waals surface area contributed by atoms with Gasteiger partial charge in [0, 0.05) is 12.4 Å². The first-order valence-corrected chi connectivity index (χ1v) is 10.1. The molecular weight excluding hydrogens is 376 g/mol. The average Bonchev–Trinajstić information content (AvgIpc) is 3.42. The maximum absolute atomic E-state index is 12.2. The van der Waals surface area contributed by atoms with Gasteiger partial charge in [-0.3, -0.25) is 4.57 Å². The molecule has 0 aliphatic carbocycles. The number of para-hydroxylation sites is 1. The second-order valence-electron chi connectivity index (χ2n) is 6.61. The predicted octanol–water partition coefficient (Wildman–Crippen LogP) is 2.41. The Morgan fingerprint density at radius 1 is 1.39 bits per heavy atom. The normalized spacial score (nSPS) is 16.4. The molecule has 3 aromatic rings. The summed E-state index contributed by atoms with van der Waals surface area (Å²) in [6.45, 7) is 3.05. The monoisotopic (exact) mass is 396 g/mol. The molecule has 144 valence electrons. The maximum Gasteiger partial charge on any atom is 0.344 e. The van der Waals surface area contributed by atoms with Gasteiger partial charge in [0.15, 0.2) is 5.16 Å². The number of aryl methyl sites for hydroxylation is 1. The van der Waals surface area contributed by atoms with Crippen LogP contribution in [0.5, 0.6) is 0 Å². The van der Waals surface area contributed by atoms with Crippen LogP contribution in [0.2, 0.25) is 0 Å². The number of nitrogens with one attached hydrogen (secondary N) is 1. The molecular formula is C19H20N6O2S. The Balaban J connectivity index is 1.61. The van der Waals surface area contributed by atoms with E-state index in [2.05, 4.69) is 21.4 Å². The molecule has 2 aromatic heterocycles. The molecule has 0 spiro atoms. The van der Waals surface area contributed by atoms with Crippen molar-refractivity contribution in [3.05, 3.63) is 57.8 Å². The van der Waals surface area contributed by atoms with E-state index in [1.165, 1.54) is 11.8 Å². The van der Waals surface area contributed by atoms with Gasteiger partial charge in [-0.05, 0) is 31.9 Å². The zero-order valence-corrected chi connectivity index (χ0v) is 16.3. The van der Waals surface area contributed by atoms with Gasteiger partial charge < -0.3 is 4.74 Å². The Morgan fingerprint density at radius 2 is 2.21 bits per heavy atom. The van der Waals surface area contributed by atoms with Crippen molar-refractivity contribution in [3.63, 3.8) is 0 Å². The standard InChI is InChI=1S/C19H20N6O2S/c1-13-16(10-20)17(25(23-13)14-6-3-2-4-7-14)12-28-19-22-21-18(26)24(19)11-15-8-5-9-27-15/h2-4,6-7,15H,5,8-9,11-12H2,1H3,(H,21,26). The van der Waals surface area contributed by atoms with Crippen LogP contribution in [0.15, 0.2) is 40.3 Å². The van der Waals surface area contributed by atoms with E-state index in [1.54, 1.807) is 9.25 Å². The number of thioether (sulfide) groups is 1. The number of ether oxygens (including phenoxy) is 1. The van der Waals surface area contributed by atoms with Gasteiger partial charge in [0.2, 0.25) is 0 Å². The largest absolute Gasteiger partial charge is 0.376 e. The summed E-state index contributed by atoms with van der Waals surface area (Å²) in [5.74, 6) is 0.467. The highest BCUT2D eigenvalue weighted by molar-refractivity contribution is 7.98. The number of aromatic nitrogens is 5. The van der Waals surface area contributed by atoms with Gasteiger partial charge >= 0.3 is 5.69 Å². The molecule has 0 bridgehead atoms. The van der Waals surface area contributed by atoms with E-state index in [4.69, 9.17) is 4.74 Å². The molecule has 1 aliphatic rings. The summed E-state index contributed by atoms with van der Waals surface area (Å²) in [6, 6.07) is 12.0. The quantitative estimate of drug-likeness (QED) is 0.642. The minimum atomic E-state index is -0.244. The number of hydrogen-bond acceptors (Lipinski definition) is 6. The van der Waals surface area contributed by atoms with E-state index < -0.39 is 0 Å². The van der Waals surface area contributed by atoms with Crippen LogP contribution in [0.3, 0.4) is 0 Å². The minimum absolute atomic E-state index is 0.0430. The third kappa shape index (κ3) is 3.61. The van der Waals surface area contributed by atoms with E-state index in [0.717, 1.165) is 30.8 Å². The molecule has 1 N–H and O–H groups in total. The summed E-state index contributed by atoms with van der Waals surface area (Å²) in [4.78, 5) is 12.2. The van der Waals surface area contributed by atoms with Crippen molar-refractivity contribution >= 4 is 11.8 Å². The lowest BCUT2D eigenvalue weighted by Crippen LogP contribution is -2.25. The fourth-order valence-electron chi connectivity index (χ4n) is 3.34. The van der Waals surface area contributed by atoms with Gasteiger partial charge in [-0.25, -0.2) is 14.6 Å². The summed E-state index contributed by atoms with van der Waals surface area (Å²) in [5.41, 5.74) is 2.67. The lowest BCUT2D eigenvalue weighted by molar-refractivity contribution is 0.0941. The molecule has 9 heteroatoms. The predicted molar refractivity (Wildman–Crippen MR) is 104 cm³/mol. The van der Waals surface area contributed by atoms with Crippen LogP contribution >= 0.6 is 11.8 Å². The van der Waals surface area contributed by atoms with Gasteiger partial charge in [-0.15, -0.1) is 5.10 Å². The van der Waals surface area contributed by atoms with Gasteiger partial charge in [0.25, 0.3) is 0 Å². The number of benzene rings is 1. The number of nitrogens with zero attached hydrogens (tertiary/aromatic N) is 5. The van der Waals surface area contributed by atoms with Crippen molar-refractivity contribution < 1.29 is 4.74 Å². The van der Waals surface area contributed by atoms with Crippen LogP contribution in [0.4, 0.5) is 0 Å². The molecule has 1 unspecified atom stereocenters. The van der Waals surface area contributed by atoms with Crippen LogP contribution in [0.1, 0.15) is 29.8 Å². The summed E-state index contributed by atoms with van der Waals surface area (Å²) < 4.78 is 9.05. The highest BCUT2D eigenvalue weighted by Gasteiger charge is 2.21. The number of nitriles is 1. The zero-order valence-electron chi connectivity index (χ0n) is 15.5. The van der Waals surface area contributed by atoms with E-state index in [1.807, 2.05) is 37.3 Å². The SMILES string of the molecule is Cc1nn(-c2ccccc2)c(CSc2n[nH]c(=O)n2CC2CCCO2)c1C#N. The van der Waals surface area contributed by atoms with E-state index in [-0.39, 0.29) is 11.8 Å². The smallest absolute Gasteiger partial charge is 0.344 e. The van der Waals surface area contributed by atoms with Gasteiger partial charge in [-0.1, -0.05) is 30.0 Å². The minimum Gasteiger partial charge on any atom is -0.376 e. The molecule has 1 aliphatic heterocycles. The molecule has 0 saturated carbocycles. The van der Waals surface area contributed by atoms with Gasteiger partial charge in [-0.2, -0.15) is 10.4 Å². The molecule has 1 fully saturated rings. The summed E-state index contributed by atoms with van der Waals surface area (Å²) >= 11 is 1.41. The van der Waals surface area contributed by atoms with Gasteiger partial charge in [0.05, 0.1) is 35.3 Å². The zero-order chi connectivity index (χ0) is 19.5. The van der Waals surface area contributed by atoms with Crippen molar-refractivity contribution in [3.8, 4) is 11.8 Å². The molecule has 1 atom stereocenters. The van der Waals surface area contributed by atoms with Gasteiger partial charge in [0.1, 0.15) is 6.07 Å². The third-order valence-corrected chi connectivity index (χ3v) is 5.73. The first-order valence-electron chi connectivity index (χ1n) is 9.11. The molecule has 1 saturated heterocycles. The highest BCUT2D eigenvalue weighted by atomic mass is 32.2. The fourth-order valence-corrected chi connectivity index (χ4v) is 4.29. The summed E-state index contributed by atoms with van der Waals surface area (Å²) in [7, 11) is 0.